The topological polar surface area (TPSA) is 715 Å². The molecule has 16 atom stereocenters. The number of hydrogen-bond acceptors (Lipinski definition) is 32. The fraction of sp³-hybridized carbons (Fsp3) is 0.600. The molecule has 544 valence electrons. The van der Waals surface area contributed by atoms with Crippen LogP contribution in [-0.2, 0) is 81.7 Å². The van der Waals surface area contributed by atoms with Gasteiger partial charge in [-0.1, -0.05) is 36.7 Å². The highest BCUT2D eigenvalue weighted by Crippen LogP contribution is 2.47. The van der Waals surface area contributed by atoms with E-state index >= 15 is 4.39 Å². The number of aliphatic hydroxyl groups is 12. The number of nitrogens with one attached hydrogen (secondary N) is 4. The first-order chi connectivity index (χ1) is 46.1. The van der Waals surface area contributed by atoms with Crippen molar-refractivity contribution < 1.29 is 182 Å². The van der Waals surface area contributed by atoms with E-state index in [1.54, 1.807) is 4.98 Å². The number of aromatic nitrogens is 8. The Morgan fingerprint density at radius 2 is 0.698 bits per heavy atom. The van der Waals surface area contributed by atoms with E-state index in [-0.39, 0.29) is 40.7 Å². The van der Waals surface area contributed by atoms with E-state index in [4.69, 9.17) is 104 Å². The summed E-state index contributed by atoms with van der Waals surface area (Å²) in [5.41, 5.74) is -6.02. The molecule has 24 N–H and O–H groups in total. The molecule has 0 radical (unpaired) electrons. The second-order valence-electron chi connectivity index (χ2n) is 19.1. The Morgan fingerprint density at radius 3 is 1.05 bits per heavy atom. The number of halogens is 4. The molecule has 0 bridgehead atoms. The number of aliphatic hydroxyl groups excluding tert-OH is 12. The molecule has 0 unspecified atom stereocenters. The minimum absolute atomic E-state index is 0.0317. The van der Waals surface area contributed by atoms with Gasteiger partial charge in [0, 0.05) is 41.5 Å². The molecule has 0 aromatic carbocycles. The zero-order valence-electron chi connectivity index (χ0n) is 52.5. The number of alkyl halides is 4. The SMILES string of the molecule is O=c1[nH]c(=O)n([C@@H]2O[C@](F)(COP(=O)(O)O)[C@@H](O)[C@H]2O)cc1CO.[2H]C([2H])(OP(=O)(O)O)[C@@]1(F)O[C@@H](n2cc(CO)c(=S)[nH]c2=O)[C@H](O)[C@@H]1O.[2H]C([2H])(OP(=O)(O)O)[C@@]1(F)O[C@@]([2H])(n2cc(CO)c(=S)[nH]c2=O)[C@H](O)[C@@H]1O.[2H][C@@]1(n2cc(CO)c(=S)[nH]c2=O)O[C@](F)(COP(=O)(O)O)[C@@H](O)[C@H]1O. The molecule has 96 heavy (non-hydrogen) atoms. The maximum atomic E-state index is 15.0. The molecule has 8 heterocycles. The highest BCUT2D eigenvalue weighted by atomic mass is 32.1. The van der Waals surface area contributed by atoms with Gasteiger partial charge in [-0.15, -0.1) is 0 Å². The number of phosphoric ester groups is 4. The van der Waals surface area contributed by atoms with Gasteiger partial charge in [-0.2, -0.15) is 0 Å². The summed E-state index contributed by atoms with van der Waals surface area (Å²) in [6, 6.07) is 0. The molecule has 4 saturated heterocycles. The molecule has 0 amide bonds. The lowest BCUT2D eigenvalue weighted by Crippen LogP contribution is -2.43. The number of hydrogen-bond donors (Lipinski definition) is 24. The van der Waals surface area contributed by atoms with Crippen LogP contribution in [0.3, 0.4) is 0 Å². The molecule has 4 aromatic heterocycles. The van der Waals surface area contributed by atoms with Crippen LogP contribution in [0.25, 0.3) is 0 Å². The third-order valence-electron chi connectivity index (χ3n) is 12.4. The number of nitrogens with zero attached hydrogens (tertiary/aromatic N) is 4. The fourth-order valence-electron chi connectivity index (χ4n) is 7.76. The number of H-pyrrole nitrogens is 4. The lowest BCUT2D eigenvalue weighted by atomic mass is 10.1. The van der Waals surface area contributed by atoms with Gasteiger partial charge in [-0.05, 0) is 0 Å². The first-order valence-corrected chi connectivity index (χ1v) is 32.2. The third-order valence-corrected chi connectivity index (χ3v) is 15.1. The van der Waals surface area contributed by atoms with Crippen molar-refractivity contribution in [2.45, 2.75) is 124 Å². The van der Waals surface area contributed by atoms with E-state index in [1.165, 1.54) is 0 Å². The average molecular weight is 1540 g/mol. The lowest BCUT2D eigenvalue weighted by Gasteiger charge is -2.22. The summed E-state index contributed by atoms with van der Waals surface area (Å²) in [7, 11) is -21.4. The second-order valence-corrected chi connectivity index (χ2v) is 25.2. The van der Waals surface area contributed by atoms with Gasteiger partial charge < -0.3 is 119 Å². The molecule has 4 aromatic rings. The van der Waals surface area contributed by atoms with Gasteiger partial charge in [0.25, 0.3) is 29.0 Å². The summed E-state index contributed by atoms with van der Waals surface area (Å²) in [6.45, 7) is -13.8. The third kappa shape index (κ3) is 19.9. The molecule has 4 aliphatic heterocycles. The molecule has 4 aliphatic rings. The largest absolute Gasteiger partial charge is 0.469 e. The van der Waals surface area contributed by atoms with Crippen LogP contribution in [0.2, 0.25) is 0 Å². The van der Waals surface area contributed by atoms with Gasteiger partial charge in [0.15, 0.2) is 24.9 Å². The Hall–Kier alpha value is -4.50. The van der Waals surface area contributed by atoms with Crippen LogP contribution in [-0.4, -0.2) is 237 Å². The Kier molecular flexibility index (Phi) is 23.9. The zero-order valence-corrected chi connectivity index (χ0v) is 52.6. The van der Waals surface area contributed by atoms with Crippen molar-refractivity contribution in [2.75, 3.05) is 26.3 Å². The molecular formula is C40H56F4N8O37P4S3. The highest BCUT2D eigenvalue weighted by Gasteiger charge is 2.61. The van der Waals surface area contributed by atoms with Gasteiger partial charge in [-0.25, -0.2) is 55.0 Å². The number of rotatable bonds is 20. The van der Waals surface area contributed by atoms with E-state index < -0.39 is 209 Å². The fourth-order valence-corrected chi connectivity index (χ4v) is 9.55. The van der Waals surface area contributed by atoms with Crippen LogP contribution in [0.15, 0.2) is 48.8 Å². The Labute approximate surface area is 549 Å². The maximum Gasteiger partial charge on any atom is 0.469 e. The monoisotopic (exact) mass is 1540 g/mol. The summed E-state index contributed by atoms with van der Waals surface area (Å²) in [5.74, 6) is -14.8. The van der Waals surface area contributed by atoms with Crippen LogP contribution in [0.1, 0.15) is 55.3 Å². The van der Waals surface area contributed by atoms with Gasteiger partial charge in [0.1, 0.15) is 89.1 Å². The molecule has 45 nitrogen and oxygen atoms in total. The Balaban J connectivity index is 0.000000245. The van der Waals surface area contributed by atoms with E-state index in [2.05, 4.69) is 42.3 Å². The predicted molar refractivity (Wildman–Crippen MR) is 299 cm³/mol. The smallest absolute Gasteiger partial charge is 0.392 e. The van der Waals surface area contributed by atoms with Gasteiger partial charge in [0.2, 0.25) is 0 Å². The quantitative estimate of drug-likeness (QED) is 0.0222. The lowest BCUT2D eigenvalue weighted by molar-refractivity contribution is -0.205. The van der Waals surface area contributed by atoms with Crippen LogP contribution < -0.4 is 28.3 Å². The summed E-state index contributed by atoms with van der Waals surface area (Å²) in [5, 5.41) is 116. The standard InChI is InChI=1S/C10H14FN2O10P.3C10H14FN2O9PS/c11-10(3-22-24(19,20)21)6(16)5(15)8(23-10)13-1-4(2-14)7(17)12-9(13)18;3*11-10(3-21-23(18,19)20)6(16)5(15)8(22-10)13-1-4(2-14)7(24)12-9(13)17/h1,5-6,8,14-16H,2-3H2,(H,12,17,18)(H2,19,20,21);3*1,5-6,8,14-16H,2-3H2,(H,12,17,24)(H2,18,19,20)/t4*5-,6+,8-,10-/m1111/s1/i;3D2,8D;8D;3D2. The van der Waals surface area contributed by atoms with Gasteiger partial charge >= 0.3 is 54.0 Å². The molecule has 56 heteroatoms. The minimum atomic E-state index is -5.64. The van der Waals surface area contributed by atoms with Gasteiger partial charge in [0.05, 0.1) is 40.2 Å². The number of phosphoric acid groups is 4. The highest BCUT2D eigenvalue weighted by molar-refractivity contribution is 7.71. The van der Waals surface area contributed by atoms with Crippen LogP contribution in [0, 0.1) is 13.9 Å². The summed E-state index contributed by atoms with van der Waals surface area (Å²) < 4.78 is 182. The average Bonchev–Trinajstić information content (AvgIpc) is 1.57. The minimum Gasteiger partial charge on any atom is -0.392 e. The van der Waals surface area contributed by atoms with Crippen molar-refractivity contribution in [3.63, 3.8) is 0 Å². The molecule has 0 saturated carbocycles. The second kappa shape index (κ2) is 31.6. The Morgan fingerprint density at radius 1 is 0.438 bits per heavy atom. The van der Waals surface area contributed by atoms with Crippen molar-refractivity contribution >= 4 is 67.9 Å². The molecule has 8 rings (SSSR count). The van der Waals surface area contributed by atoms with Crippen LogP contribution in [0.4, 0.5) is 17.6 Å². The first-order valence-electron chi connectivity index (χ1n) is 27.9. The van der Waals surface area contributed by atoms with Crippen molar-refractivity contribution in [3.05, 3.63) is 113 Å². The van der Waals surface area contributed by atoms with Crippen molar-refractivity contribution in [2.24, 2.45) is 0 Å². The molecular weight excluding hydrogens is 1480 g/mol. The summed E-state index contributed by atoms with van der Waals surface area (Å²) in [6.07, 6.45) is -26.5. The number of ether oxygens (including phenoxy) is 4. The van der Waals surface area contributed by atoms with Gasteiger partial charge in [-0.3, -0.25) is 61.1 Å². The first kappa shape index (κ1) is 72.7. The van der Waals surface area contributed by atoms with E-state index in [9.17, 15) is 101 Å². The molecule has 0 spiro atoms. The zero-order chi connectivity index (χ0) is 78.6. The number of aromatic amines is 4. The summed E-state index contributed by atoms with van der Waals surface area (Å²) >= 11 is 14.3. The summed E-state index contributed by atoms with van der Waals surface area (Å²) in [4.78, 5) is 136. The van der Waals surface area contributed by atoms with Crippen LogP contribution >= 0.6 is 67.9 Å². The van der Waals surface area contributed by atoms with E-state index in [1.807, 2.05) is 4.98 Å². The van der Waals surface area contributed by atoms with Crippen molar-refractivity contribution in [1.29, 1.82) is 0 Å². The van der Waals surface area contributed by atoms with Crippen molar-refractivity contribution in [3.8, 4) is 0 Å². The van der Waals surface area contributed by atoms with Crippen molar-refractivity contribution in [1.82, 2.24) is 38.2 Å². The van der Waals surface area contributed by atoms with E-state index in [0.29, 0.717) is 19.9 Å². The predicted octanol–water partition coefficient (Wildman–Crippen LogP) is -7.67. The Bertz CT molecular complexity index is 4470. The molecule has 4 fully saturated rings. The van der Waals surface area contributed by atoms with E-state index in [0.717, 1.165) is 18.6 Å². The van der Waals surface area contributed by atoms with Crippen LogP contribution in [0.5, 0.6) is 0 Å². The maximum absolute atomic E-state index is 15.0. The molecule has 0 aliphatic carbocycles. The normalized spacial score (nSPS) is 33.4.